The van der Waals surface area contributed by atoms with Gasteiger partial charge < -0.3 is 10.6 Å². The monoisotopic (exact) mass is 256 g/mol. The molecule has 0 spiro atoms. The van der Waals surface area contributed by atoms with Crippen molar-refractivity contribution < 1.29 is 9.59 Å². The zero-order chi connectivity index (χ0) is 13.7. The SMILES string of the molecule is CC(=O)Nc1cccc(NC(=O)c2cnccn2)c1. The van der Waals surface area contributed by atoms with Crippen LogP contribution in [0.15, 0.2) is 42.9 Å². The number of nitrogens with zero attached hydrogens (tertiary/aromatic N) is 2. The van der Waals surface area contributed by atoms with Crippen molar-refractivity contribution in [2.45, 2.75) is 6.92 Å². The van der Waals surface area contributed by atoms with Crippen LogP contribution in [0, 0.1) is 0 Å². The summed E-state index contributed by atoms with van der Waals surface area (Å²) in [7, 11) is 0. The quantitative estimate of drug-likeness (QED) is 0.875. The first-order valence-corrected chi connectivity index (χ1v) is 5.60. The summed E-state index contributed by atoms with van der Waals surface area (Å²) < 4.78 is 0. The van der Waals surface area contributed by atoms with Crippen molar-refractivity contribution in [2.24, 2.45) is 0 Å². The van der Waals surface area contributed by atoms with E-state index in [0.29, 0.717) is 11.4 Å². The molecule has 6 nitrogen and oxygen atoms in total. The number of aromatic nitrogens is 2. The molecule has 0 unspecified atom stereocenters. The van der Waals surface area contributed by atoms with E-state index < -0.39 is 0 Å². The van der Waals surface area contributed by atoms with Crippen molar-refractivity contribution >= 4 is 23.2 Å². The highest BCUT2D eigenvalue weighted by atomic mass is 16.2. The molecule has 0 atom stereocenters. The van der Waals surface area contributed by atoms with Crippen molar-refractivity contribution in [1.29, 1.82) is 0 Å². The smallest absolute Gasteiger partial charge is 0.275 e. The minimum absolute atomic E-state index is 0.169. The molecule has 0 aliphatic rings. The van der Waals surface area contributed by atoms with E-state index in [0.717, 1.165) is 0 Å². The molecule has 2 N–H and O–H groups in total. The topological polar surface area (TPSA) is 84.0 Å². The Balaban J connectivity index is 2.11. The third kappa shape index (κ3) is 3.60. The Hall–Kier alpha value is -2.76. The normalized spacial score (nSPS) is 9.74. The molecule has 0 fully saturated rings. The molecule has 2 rings (SSSR count). The van der Waals surface area contributed by atoms with Crippen molar-refractivity contribution in [3.63, 3.8) is 0 Å². The molecule has 96 valence electrons. The first kappa shape index (κ1) is 12.7. The van der Waals surface area contributed by atoms with Gasteiger partial charge in [0.15, 0.2) is 0 Å². The van der Waals surface area contributed by atoms with Gasteiger partial charge in [-0.1, -0.05) is 6.07 Å². The fraction of sp³-hybridized carbons (Fsp3) is 0.0769. The number of anilines is 2. The van der Waals surface area contributed by atoms with E-state index in [1.54, 1.807) is 24.3 Å². The average molecular weight is 256 g/mol. The molecule has 2 amide bonds. The summed E-state index contributed by atoms with van der Waals surface area (Å²) in [5.41, 5.74) is 1.42. The minimum Gasteiger partial charge on any atom is -0.326 e. The largest absolute Gasteiger partial charge is 0.326 e. The molecule has 0 saturated carbocycles. The highest BCUT2D eigenvalue weighted by Crippen LogP contribution is 2.15. The second-order valence-corrected chi connectivity index (χ2v) is 3.81. The Morgan fingerprint density at radius 2 is 1.84 bits per heavy atom. The summed E-state index contributed by atoms with van der Waals surface area (Å²) in [5.74, 6) is -0.523. The van der Waals surface area contributed by atoms with Crippen LogP contribution in [0.2, 0.25) is 0 Å². The number of benzene rings is 1. The molecule has 0 bridgehead atoms. The lowest BCUT2D eigenvalue weighted by molar-refractivity contribution is -0.114. The molecule has 6 heteroatoms. The molecule has 1 aromatic heterocycles. The standard InChI is InChI=1S/C13H12N4O2/c1-9(18)16-10-3-2-4-11(7-10)17-13(19)12-8-14-5-6-15-12/h2-8H,1H3,(H,16,18)(H,17,19). The molecule has 19 heavy (non-hydrogen) atoms. The Morgan fingerprint density at radius 3 is 2.47 bits per heavy atom. The number of nitrogens with one attached hydrogen (secondary N) is 2. The van der Waals surface area contributed by atoms with Gasteiger partial charge in [-0.2, -0.15) is 0 Å². The predicted molar refractivity (Wildman–Crippen MR) is 70.7 cm³/mol. The van der Waals surface area contributed by atoms with Crippen molar-refractivity contribution in [3.05, 3.63) is 48.5 Å². The van der Waals surface area contributed by atoms with Crippen LogP contribution in [0.4, 0.5) is 11.4 Å². The van der Waals surface area contributed by atoms with Gasteiger partial charge in [-0.15, -0.1) is 0 Å². The Kier molecular flexibility index (Phi) is 3.82. The summed E-state index contributed by atoms with van der Waals surface area (Å²) in [6.45, 7) is 1.42. The molecule has 0 aliphatic carbocycles. The Morgan fingerprint density at radius 1 is 1.11 bits per heavy atom. The highest BCUT2D eigenvalue weighted by Gasteiger charge is 2.07. The summed E-state index contributed by atoms with van der Waals surface area (Å²) in [6.07, 6.45) is 4.32. The number of carbonyl (C=O) groups excluding carboxylic acids is 2. The molecule has 0 radical (unpaired) electrons. The van der Waals surface area contributed by atoms with E-state index in [2.05, 4.69) is 20.6 Å². The van der Waals surface area contributed by atoms with Crippen molar-refractivity contribution in [3.8, 4) is 0 Å². The van der Waals surface area contributed by atoms with E-state index >= 15 is 0 Å². The van der Waals surface area contributed by atoms with Gasteiger partial charge in [0.1, 0.15) is 5.69 Å². The molecule has 2 aromatic rings. The molecule has 1 heterocycles. The molecule has 0 aliphatic heterocycles. The highest BCUT2D eigenvalue weighted by molar-refractivity contribution is 6.03. The third-order valence-corrected chi connectivity index (χ3v) is 2.24. The van der Waals surface area contributed by atoms with Gasteiger partial charge in [-0.25, -0.2) is 4.98 Å². The number of carbonyl (C=O) groups is 2. The summed E-state index contributed by atoms with van der Waals surface area (Å²) in [5, 5.41) is 5.32. The lowest BCUT2D eigenvalue weighted by Crippen LogP contribution is -2.14. The predicted octanol–water partition coefficient (Wildman–Crippen LogP) is 1.69. The van der Waals surface area contributed by atoms with Crippen LogP contribution in [-0.2, 0) is 4.79 Å². The first-order valence-electron chi connectivity index (χ1n) is 5.60. The summed E-state index contributed by atoms with van der Waals surface area (Å²) >= 11 is 0. The maximum Gasteiger partial charge on any atom is 0.275 e. The molecule has 1 aromatic carbocycles. The van der Waals surface area contributed by atoms with Gasteiger partial charge in [0, 0.05) is 30.7 Å². The number of rotatable bonds is 3. The van der Waals surface area contributed by atoms with Crippen LogP contribution >= 0.6 is 0 Å². The average Bonchev–Trinajstić information content (AvgIpc) is 2.39. The minimum atomic E-state index is -0.354. The van der Waals surface area contributed by atoms with Crippen LogP contribution < -0.4 is 10.6 Å². The van der Waals surface area contributed by atoms with E-state index in [9.17, 15) is 9.59 Å². The molecular formula is C13H12N4O2. The van der Waals surface area contributed by atoms with Gasteiger partial charge in [0.2, 0.25) is 5.91 Å². The Labute approximate surface area is 109 Å². The number of hydrogen-bond acceptors (Lipinski definition) is 4. The fourth-order valence-electron chi connectivity index (χ4n) is 1.49. The van der Waals surface area contributed by atoms with Crippen LogP contribution in [0.5, 0.6) is 0 Å². The lowest BCUT2D eigenvalue weighted by atomic mass is 10.2. The van der Waals surface area contributed by atoms with E-state index in [-0.39, 0.29) is 17.5 Å². The summed E-state index contributed by atoms with van der Waals surface area (Å²) in [4.78, 5) is 30.5. The van der Waals surface area contributed by atoms with Crippen LogP contribution in [0.1, 0.15) is 17.4 Å². The van der Waals surface area contributed by atoms with Gasteiger partial charge in [-0.3, -0.25) is 14.6 Å². The number of hydrogen-bond donors (Lipinski definition) is 2. The van der Waals surface area contributed by atoms with E-state index in [1.165, 1.54) is 25.5 Å². The Bertz CT molecular complexity index is 599. The lowest BCUT2D eigenvalue weighted by Gasteiger charge is -2.07. The van der Waals surface area contributed by atoms with Crippen LogP contribution in [0.25, 0.3) is 0 Å². The summed E-state index contributed by atoms with van der Waals surface area (Å²) in [6, 6.07) is 6.85. The second-order valence-electron chi connectivity index (χ2n) is 3.81. The van der Waals surface area contributed by atoms with Gasteiger partial charge in [0.05, 0.1) is 6.20 Å². The van der Waals surface area contributed by atoms with Gasteiger partial charge in [-0.05, 0) is 18.2 Å². The van der Waals surface area contributed by atoms with E-state index in [4.69, 9.17) is 0 Å². The molecular weight excluding hydrogens is 244 g/mol. The van der Waals surface area contributed by atoms with Crippen LogP contribution in [0.3, 0.4) is 0 Å². The maximum atomic E-state index is 11.8. The zero-order valence-corrected chi connectivity index (χ0v) is 10.3. The first-order chi connectivity index (χ1) is 9.15. The van der Waals surface area contributed by atoms with Crippen LogP contribution in [-0.4, -0.2) is 21.8 Å². The van der Waals surface area contributed by atoms with Gasteiger partial charge in [0.25, 0.3) is 5.91 Å². The fourth-order valence-corrected chi connectivity index (χ4v) is 1.49. The third-order valence-electron chi connectivity index (χ3n) is 2.24. The van der Waals surface area contributed by atoms with Crippen molar-refractivity contribution in [1.82, 2.24) is 9.97 Å². The molecule has 0 saturated heterocycles. The van der Waals surface area contributed by atoms with Crippen molar-refractivity contribution in [2.75, 3.05) is 10.6 Å². The number of amides is 2. The zero-order valence-electron chi connectivity index (χ0n) is 10.3. The maximum absolute atomic E-state index is 11.8. The second kappa shape index (κ2) is 5.72. The van der Waals surface area contributed by atoms with Gasteiger partial charge >= 0.3 is 0 Å². The van der Waals surface area contributed by atoms with E-state index in [1.807, 2.05) is 0 Å².